The Hall–Kier alpha value is -1.93. The number of aryl methyl sites for hydroxylation is 1. The molecule has 1 saturated heterocycles. The summed E-state index contributed by atoms with van der Waals surface area (Å²) in [5.41, 5.74) is 0.999. The molecule has 0 amide bonds. The first-order valence-electron chi connectivity index (χ1n) is 6.95. The van der Waals surface area contributed by atoms with Crippen molar-refractivity contribution in [3.8, 4) is 0 Å². The molecule has 1 fully saturated rings. The molecule has 0 aliphatic carbocycles. The third-order valence-electron chi connectivity index (χ3n) is 3.51. The maximum absolute atomic E-state index is 5.83. The maximum Gasteiger partial charge on any atom is 0.214 e. The number of ether oxygens (including phenoxy) is 1. The molecule has 1 aliphatic rings. The quantitative estimate of drug-likeness (QED) is 0.728. The Kier molecular flexibility index (Phi) is 3.12. The average molecular weight is 304 g/mol. The third-order valence-corrected chi connectivity index (χ3v) is 4.50. The summed E-state index contributed by atoms with van der Waals surface area (Å²) >= 11 is 1.62. The highest BCUT2D eigenvalue weighted by molar-refractivity contribution is 7.20. The smallest absolute Gasteiger partial charge is 0.214 e. The maximum atomic E-state index is 5.83. The molecule has 3 aromatic heterocycles. The lowest BCUT2D eigenvalue weighted by molar-refractivity contribution is 0.0274. The fraction of sp³-hybridized carbons (Fsp3) is 0.462. The first kappa shape index (κ1) is 12.8. The van der Waals surface area contributed by atoms with Gasteiger partial charge in [0.15, 0.2) is 0 Å². The number of nitrogens with zero attached hydrogens (tertiary/aromatic N) is 6. The van der Waals surface area contributed by atoms with Crippen molar-refractivity contribution in [1.29, 1.82) is 0 Å². The van der Waals surface area contributed by atoms with Crippen molar-refractivity contribution in [2.75, 3.05) is 24.6 Å². The summed E-state index contributed by atoms with van der Waals surface area (Å²) in [4.78, 5) is 7.67. The first-order chi connectivity index (χ1) is 10.3. The van der Waals surface area contributed by atoms with Crippen molar-refractivity contribution >= 4 is 21.4 Å². The molecule has 1 atom stereocenters. The van der Waals surface area contributed by atoms with Crippen LogP contribution in [0.25, 0.3) is 4.96 Å². The molecule has 7 nitrogen and oxygen atoms in total. The van der Waals surface area contributed by atoms with Gasteiger partial charge < -0.3 is 9.64 Å². The van der Waals surface area contributed by atoms with E-state index in [0.717, 1.165) is 35.4 Å². The number of aromatic nitrogens is 5. The molecule has 8 heteroatoms. The van der Waals surface area contributed by atoms with Crippen LogP contribution in [0.3, 0.4) is 0 Å². The molecule has 4 heterocycles. The van der Waals surface area contributed by atoms with E-state index in [2.05, 4.69) is 20.1 Å². The van der Waals surface area contributed by atoms with E-state index in [9.17, 15) is 0 Å². The van der Waals surface area contributed by atoms with Gasteiger partial charge in [-0.1, -0.05) is 11.3 Å². The summed E-state index contributed by atoms with van der Waals surface area (Å²) in [5, 5.41) is 9.85. The second kappa shape index (κ2) is 5.12. The molecule has 0 spiro atoms. The number of hydrogen-bond donors (Lipinski definition) is 0. The van der Waals surface area contributed by atoms with Crippen LogP contribution in [0.5, 0.6) is 0 Å². The third kappa shape index (κ3) is 2.52. The zero-order valence-electron chi connectivity index (χ0n) is 11.7. The van der Waals surface area contributed by atoms with Crippen molar-refractivity contribution < 1.29 is 4.74 Å². The zero-order valence-corrected chi connectivity index (χ0v) is 12.5. The van der Waals surface area contributed by atoms with Gasteiger partial charge in [-0.15, -0.1) is 5.10 Å². The molecule has 4 rings (SSSR count). The lowest BCUT2D eigenvalue weighted by Gasteiger charge is -2.32. The van der Waals surface area contributed by atoms with Crippen LogP contribution in [0.1, 0.15) is 5.69 Å². The van der Waals surface area contributed by atoms with Gasteiger partial charge in [0.2, 0.25) is 10.1 Å². The van der Waals surface area contributed by atoms with Gasteiger partial charge in [-0.05, 0) is 13.0 Å². The Bertz CT molecular complexity index is 702. The monoisotopic (exact) mass is 304 g/mol. The van der Waals surface area contributed by atoms with Crippen molar-refractivity contribution in [3.05, 3.63) is 30.4 Å². The van der Waals surface area contributed by atoms with Gasteiger partial charge in [-0.2, -0.15) is 5.10 Å². The summed E-state index contributed by atoms with van der Waals surface area (Å²) < 4.78 is 9.59. The highest BCUT2D eigenvalue weighted by Crippen LogP contribution is 2.25. The summed E-state index contributed by atoms with van der Waals surface area (Å²) in [6.45, 7) is 5.16. The minimum atomic E-state index is 0.136. The highest BCUT2D eigenvalue weighted by Gasteiger charge is 2.24. The van der Waals surface area contributed by atoms with E-state index >= 15 is 0 Å². The Morgan fingerprint density at radius 2 is 2.43 bits per heavy atom. The summed E-state index contributed by atoms with van der Waals surface area (Å²) in [6, 6.07) is 1.93. The van der Waals surface area contributed by atoms with Gasteiger partial charge in [-0.25, -0.2) is 9.50 Å². The van der Waals surface area contributed by atoms with Crippen LogP contribution in [0.15, 0.2) is 24.7 Å². The molecular weight excluding hydrogens is 288 g/mol. The van der Waals surface area contributed by atoms with Crippen molar-refractivity contribution in [2.45, 2.75) is 19.6 Å². The first-order valence-corrected chi connectivity index (χ1v) is 7.76. The number of fused-ring (bicyclic) bond motifs is 1. The SMILES string of the molecule is Cc1cn2nc(N3CCO[C@H](Cn4cccn4)C3)sc2n1. The highest BCUT2D eigenvalue weighted by atomic mass is 32.1. The van der Waals surface area contributed by atoms with Gasteiger partial charge in [0, 0.05) is 25.5 Å². The molecule has 0 bridgehead atoms. The standard InChI is InChI=1S/C13H16N6OS/c1-10-7-19-12(15-10)21-13(16-19)17-5-6-20-11(8-17)9-18-4-2-3-14-18/h2-4,7,11H,5-6,8-9H2,1H3/t11-/m0/s1. The minimum Gasteiger partial charge on any atom is -0.373 e. The molecule has 110 valence electrons. The molecule has 21 heavy (non-hydrogen) atoms. The topological polar surface area (TPSA) is 60.5 Å². The van der Waals surface area contributed by atoms with Gasteiger partial charge in [0.25, 0.3) is 0 Å². The Morgan fingerprint density at radius 1 is 1.48 bits per heavy atom. The molecule has 0 saturated carbocycles. The van der Waals surface area contributed by atoms with Crippen LogP contribution < -0.4 is 4.90 Å². The molecule has 0 N–H and O–H groups in total. The molecule has 0 unspecified atom stereocenters. The fourth-order valence-electron chi connectivity index (χ4n) is 2.55. The second-order valence-corrected chi connectivity index (χ2v) is 6.10. The molecule has 0 aromatic carbocycles. The van der Waals surface area contributed by atoms with E-state index in [-0.39, 0.29) is 6.10 Å². The summed E-state index contributed by atoms with van der Waals surface area (Å²) in [6.07, 6.45) is 5.84. The Morgan fingerprint density at radius 3 is 3.24 bits per heavy atom. The number of rotatable bonds is 3. The van der Waals surface area contributed by atoms with Gasteiger partial charge in [-0.3, -0.25) is 4.68 Å². The lowest BCUT2D eigenvalue weighted by atomic mass is 10.3. The van der Waals surface area contributed by atoms with E-state index in [1.807, 2.05) is 34.6 Å². The van der Waals surface area contributed by atoms with Gasteiger partial charge in [0.05, 0.1) is 31.1 Å². The van der Waals surface area contributed by atoms with Crippen LogP contribution >= 0.6 is 11.3 Å². The predicted octanol–water partition coefficient (Wildman–Crippen LogP) is 1.20. The summed E-state index contributed by atoms with van der Waals surface area (Å²) in [5.74, 6) is 0. The Balaban J connectivity index is 1.50. The van der Waals surface area contributed by atoms with Gasteiger partial charge in [0.1, 0.15) is 0 Å². The van der Waals surface area contributed by atoms with Gasteiger partial charge >= 0.3 is 0 Å². The average Bonchev–Trinajstić information content (AvgIpc) is 3.15. The minimum absolute atomic E-state index is 0.136. The summed E-state index contributed by atoms with van der Waals surface area (Å²) in [7, 11) is 0. The Labute approximate surface area is 125 Å². The lowest BCUT2D eigenvalue weighted by Crippen LogP contribution is -2.44. The number of anilines is 1. The van der Waals surface area contributed by atoms with Crippen molar-refractivity contribution in [2.24, 2.45) is 0 Å². The van der Waals surface area contributed by atoms with Crippen LogP contribution in [0.4, 0.5) is 5.13 Å². The van der Waals surface area contributed by atoms with E-state index in [1.165, 1.54) is 0 Å². The number of morpholine rings is 1. The zero-order chi connectivity index (χ0) is 14.2. The van der Waals surface area contributed by atoms with Crippen molar-refractivity contribution in [3.63, 3.8) is 0 Å². The van der Waals surface area contributed by atoms with E-state index in [4.69, 9.17) is 4.74 Å². The number of hydrogen-bond acceptors (Lipinski definition) is 6. The predicted molar refractivity (Wildman–Crippen MR) is 79.8 cm³/mol. The molecule has 1 aliphatic heterocycles. The molecule has 0 radical (unpaired) electrons. The van der Waals surface area contributed by atoms with Crippen LogP contribution in [0.2, 0.25) is 0 Å². The van der Waals surface area contributed by atoms with Crippen LogP contribution in [0, 0.1) is 6.92 Å². The van der Waals surface area contributed by atoms with Crippen LogP contribution in [-0.4, -0.2) is 50.2 Å². The van der Waals surface area contributed by atoms with Crippen LogP contribution in [-0.2, 0) is 11.3 Å². The van der Waals surface area contributed by atoms with E-state index < -0.39 is 0 Å². The second-order valence-electron chi connectivity index (χ2n) is 5.16. The van der Waals surface area contributed by atoms with E-state index in [0.29, 0.717) is 6.61 Å². The normalized spacial score (nSPS) is 19.5. The number of imidazole rings is 1. The van der Waals surface area contributed by atoms with E-state index in [1.54, 1.807) is 17.5 Å². The molecular formula is C13H16N6OS. The fourth-order valence-corrected chi connectivity index (χ4v) is 3.51. The van der Waals surface area contributed by atoms with Crippen molar-refractivity contribution in [1.82, 2.24) is 24.4 Å². The largest absolute Gasteiger partial charge is 0.373 e. The molecule has 3 aromatic rings.